The number of fused-ring (bicyclic) bond motifs is 8. The summed E-state index contributed by atoms with van der Waals surface area (Å²) in [4.78, 5) is 41.1. The summed E-state index contributed by atoms with van der Waals surface area (Å²) in [6.45, 7) is 14.0. The van der Waals surface area contributed by atoms with E-state index in [4.69, 9.17) is 9.97 Å². The molecule has 200 valence electrons. The van der Waals surface area contributed by atoms with E-state index in [-0.39, 0.29) is 23.6 Å². The molecular formula is C31H32N4O4. The van der Waals surface area contributed by atoms with E-state index in [1.165, 1.54) is 0 Å². The van der Waals surface area contributed by atoms with Crippen molar-refractivity contribution >= 4 is 51.2 Å². The van der Waals surface area contributed by atoms with Crippen molar-refractivity contribution in [1.29, 1.82) is 0 Å². The van der Waals surface area contributed by atoms with E-state index in [2.05, 4.69) is 36.5 Å². The summed E-state index contributed by atoms with van der Waals surface area (Å²) in [5.41, 5.74) is 10.7. The fourth-order valence-corrected chi connectivity index (χ4v) is 5.74. The van der Waals surface area contributed by atoms with Crippen molar-refractivity contribution in [2.45, 2.75) is 59.8 Å². The minimum atomic E-state index is -1.14. The lowest BCUT2D eigenvalue weighted by Crippen LogP contribution is -2.09. The number of allylic oxidation sites excluding steroid dienone is 1. The van der Waals surface area contributed by atoms with Gasteiger partial charge in [0.2, 0.25) is 0 Å². The van der Waals surface area contributed by atoms with Crippen LogP contribution in [0.4, 0.5) is 0 Å². The molecule has 3 aromatic heterocycles. The number of aryl methyl sites for hydroxylation is 3. The van der Waals surface area contributed by atoms with Crippen molar-refractivity contribution in [3.63, 3.8) is 0 Å². The monoisotopic (exact) mass is 524 g/mol. The average Bonchev–Trinajstić information content (AvgIpc) is 3.57. The van der Waals surface area contributed by atoms with E-state index in [9.17, 15) is 19.8 Å². The van der Waals surface area contributed by atoms with Crippen molar-refractivity contribution in [2.75, 3.05) is 0 Å². The van der Waals surface area contributed by atoms with Gasteiger partial charge in [0.1, 0.15) is 0 Å². The first-order valence-electron chi connectivity index (χ1n) is 13.1. The molecule has 0 saturated heterocycles. The Hall–Kier alpha value is -4.46. The molecule has 39 heavy (non-hydrogen) atoms. The number of hydrogen-bond acceptors (Lipinski definition) is 4. The summed E-state index contributed by atoms with van der Waals surface area (Å²) < 4.78 is 0. The number of nitrogens with one attached hydrogen (secondary N) is 2. The molecule has 5 rings (SSSR count). The van der Waals surface area contributed by atoms with Gasteiger partial charge in [-0.15, -0.1) is 0 Å². The molecule has 5 heterocycles. The summed E-state index contributed by atoms with van der Waals surface area (Å²) in [6.07, 6.45) is 2.73. The van der Waals surface area contributed by atoms with Crippen LogP contribution in [0.15, 0.2) is 24.8 Å². The van der Waals surface area contributed by atoms with Gasteiger partial charge >= 0.3 is 11.9 Å². The van der Waals surface area contributed by atoms with Crippen molar-refractivity contribution in [3.8, 4) is 0 Å². The number of hydrogen-bond donors (Lipinski definition) is 4. The van der Waals surface area contributed by atoms with Crippen LogP contribution < -0.4 is 0 Å². The zero-order valence-corrected chi connectivity index (χ0v) is 22.8. The molecule has 4 N–H and O–H groups in total. The van der Waals surface area contributed by atoms with E-state index >= 15 is 0 Å². The SMILES string of the molecule is C=Cc1c(C)c2cc3nc(c(CC(=O)O)c4nc(cc5[nH]c(cc1[nH]2)c(C)c5CC)C(C)=C4C(=O)O)CC3C. The maximum Gasteiger partial charge on any atom is 0.338 e. The zero-order chi connectivity index (χ0) is 28.2. The molecule has 0 spiro atoms. The van der Waals surface area contributed by atoms with Gasteiger partial charge in [-0.2, -0.15) is 0 Å². The van der Waals surface area contributed by atoms with Crippen LogP contribution in [0, 0.1) is 13.8 Å². The molecule has 0 amide bonds. The molecule has 3 aromatic rings. The lowest BCUT2D eigenvalue weighted by Gasteiger charge is -2.06. The van der Waals surface area contributed by atoms with Crippen LogP contribution in [0.1, 0.15) is 77.3 Å². The second-order valence-electron chi connectivity index (χ2n) is 10.3. The number of nitrogens with zero attached hydrogens (tertiary/aromatic N) is 2. The molecule has 0 aliphatic carbocycles. The minimum Gasteiger partial charge on any atom is -0.481 e. The first kappa shape index (κ1) is 26.2. The van der Waals surface area contributed by atoms with Gasteiger partial charge in [-0.3, -0.25) is 9.78 Å². The average molecular weight is 525 g/mol. The van der Waals surface area contributed by atoms with E-state index in [0.29, 0.717) is 28.9 Å². The smallest absolute Gasteiger partial charge is 0.338 e. The van der Waals surface area contributed by atoms with Crippen LogP contribution in [0.2, 0.25) is 0 Å². The van der Waals surface area contributed by atoms with Gasteiger partial charge in [0.25, 0.3) is 0 Å². The van der Waals surface area contributed by atoms with Gasteiger partial charge in [-0.25, -0.2) is 9.78 Å². The highest BCUT2D eigenvalue weighted by atomic mass is 16.4. The standard InChI is InChI=1S/C31H32N4O4/c1-7-18-15(4)22-11-21-14(3)9-25(32-21)20(10-28(36)37)30-29(31(38)39)17(6)24(35-30)13-27-19(8-2)16(5)23(34-27)12-26(18)33-22/h7,11-14,33-34H,1,8-10H2,2-6H3,(H,36,37)(H,38,39). The Bertz CT molecular complexity index is 1770. The van der Waals surface area contributed by atoms with E-state index in [1.807, 2.05) is 32.1 Å². The van der Waals surface area contributed by atoms with Crippen molar-refractivity contribution in [1.82, 2.24) is 19.9 Å². The van der Waals surface area contributed by atoms with Gasteiger partial charge in [-0.05, 0) is 74.1 Å². The first-order valence-corrected chi connectivity index (χ1v) is 13.1. The first-order chi connectivity index (χ1) is 18.5. The third-order valence-corrected chi connectivity index (χ3v) is 7.91. The minimum absolute atomic E-state index is 0.0112. The molecule has 0 radical (unpaired) electrons. The zero-order valence-electron chi connectivity index (χ0n) is 22.8. The van der Waals surface area contributed by atoms with Gasteiger partial charge in [0.15, 0.2) is 0 Å². The summed E-state index contributed by atoms with van der Waals surface area (Å²) in [7, 11) is 0. The highest BCUT2D eigenvalue weighted by Gasteiger charge is 2.30. The summed E-state index contributed by atoms with van der Waals surface area (Å²) >= 11 is 0. The molecular weight excluding hydrogens is 492 g/mol. The third-order valence-electron chi connectivity index (χ3n) is 7.91. The third kappa shape index (κ3) is 4.35. The maximum atomic E-state index is 12.5. The number of aromatic amines is 2. The Morgan fingerprint density at radius 2 is 1.69 bits per heavy atom. The van der Waals surface area contributed by atoms with Crippen LogP contribution in [0.5, 0.6) is 0 Å². The molecule has 1 unspecified atom stereocenters. The van der Waals surface area contributed by atoms with E-state index in [0.717, 1.165) is 56.4 Å². The van der Waals surface area contributed by atoms with Crippen molar-refractivity contribution in [2.24, 2.45) is 0 Å². The predicted molar refractivity (Wildman–Crippen MR) is 154 cm³/mol. The number of carbonyl (C=O) groups is 2. The Balaban J connectivity index is 2.04. The van der Waals surface area contributed by atoms with Gasteiger partial charge in [0, 0.05) is 50.5 Å². The fourth-order valence-electron chi connectivity index (χ4n) is 5.74. The Kier molecular flexibility index (Phi) is 6.50. The Morgan fingerprint density at radius 3 is 2.33 bits per heavy atom. The molecule has 0 fully saturated rings. The molecule has 1 atom stereocenters. The van der Waals surface area contributed by atoms with Gasteiger partial charge in [-0.1, -0.05) is 26.5 Å². The fraction of sp³-hybridized carbons (Fsp3) is 0.290. The predicted octanol–water partition coefficient (Wildman–Crippen LogP) is 6.13. The lowest BCUT2D eigenvalue weighted by molar-refractivity contribution is -0.136. The molecule has 8 nitrogen and oxygen atoms in total. The molecule has 2 aliphatic heterocycles. The number of carboxylic acid groups (broad SMARTS) is 2. The Labute approximate surface area is 226 Å². The van der Waals surface area contributed by atoms with Crippen LogP contribution >= 0.6 is 0 Å². The van der Waals surface area contributed by atoms with E-state index < -0.39 is 11.9 Å². The number of rotatable bonds is 5. The Morgan fingerprint density at radius 1 is 1.00 bits per heavy atom. The molecule has 0 saturated carbocycles. The maximum absolute atomic E-state index is 12.5. The molecule has 0 aromatic carbocycles. The highest BCUT2D eigenvalue weighted by Crippen LogP contribution is 2.36. The summed E-state index contributed by atoms with van der Waals surface area (Å²) in [6, 6.07) is 5.94. The number of H-pyrrole nitrogens is 2. The second-order valence-corrected chi connectivity index (χ2v) is 10.3. The largest absolute Gasteiger partial charge is 0.481 e. The number of carboxylic acids is 2. The second kappa shape index (κ2) is 9.69. The summed E-state index contributed by atoms with van der Waals surface area (Å²) in [5, 5.41) is 20.0. The van der Waals surface area contributed by atoms with Gasteiger partial charge in [0.05, 0.1) is 23.4 Å². The normalized spacial score (nSPS) is 15.1. The number of aromatic nitrogens is 4. The lowest BCUT2D eigenvalue weighted by atomic mass is 9.97. The molecule has 2 aliphatic rings. The van der Waals surface area contributed by atoms with Crippen LogP contribution in [0.25, 0.3) is 39.3 Å². The molecule has 8 heteroatoms. The topological polar surface area (TPSA) is 132 Å². The van der Waals surface area contributed by atoms with Crippen LogP contribution in [-0.2, 0) is 28.9 Å². The highest BCUT2D eigenvalue weighted by molar-refractivity contribution is 6.24. The van der Waals surface area contributed by atoms with Crippen LogP contribution in [-0.4, -0.2) is 42.1 Å². The van der Waals surface area contributed by atoms with Crippen molar-refractivity contribution < 1.29 is 19.8 Å². The summed E-state index contributed by atoms with van der Waals surface area (Å²) in [5.74, 6) is -2.20. The van der Waals surface area contributed by atoms with Gasteiger partial charge < -0.3 is 20.2 Å². The quantitative estimate of drug-likeness (QED) is 0.318. The number of aliphatic carboxylic acids is 2. The molecule has 8 bridgehead atoms. The van der Waals surface area contributed by atoms with Crippen LogP contribution in [0.3, 0.4) is 0 Å². The van der Waals surface area contributed by atoms with E-state index in [1.54, 1.807) is 6.92 Å². The van der Waals surface area contributed by atoms with Crippen molar-refractivity contribution in [3.05, 3.63) is 75.4 Å².